The van der Waals surface area contributed by atoms with E-state index in [2.05, 4.69) is 79.4 Å². The zero-order valence-corrected chi connectivity index (χ0v) is 17.6. The van der Waals surface area contributed by atoms with Gasteiger partial charge in [-0.2, -0.15) is 0 Å². The molecule has 1 heterocycles. The number of rotatable bonds is 11. The summed E-state index contributed by atoms with van der Waals surface area (Å²) < 4.78 is 0. The fourth-order valence-corrected chi connectivity index (χ4v) is 2.80. The number of likely N-dealkylation sites (N-methyl/N-ethyl adjacent to an activating group) is 1. The van der Waals surface area contributed by atoms with Crippen LogP contribution in [0.15, 0.2) is 35.3 Å². The van der Waals surface area contributed by atoms with Crippen molar-refractivity contribution in [1.29, 1.82) is 0 Å². The average molecular weight is 364 g/mol. The van der Waals surface area contributed by atoms with Crippen molar-refractivity contribution < 1.29 is 0 Å². The van der Waals surface area contributed by atoms with Gasteiger partial charge in [0, 0.05) is 31.4 Å². The van der Waals surface area contributed by atoms with Crippen molar-refractivity contribution in [1.82, 2.24) is 26.4 Å². The summed E-state index contributed by atoms with van der Waals surface area (Å²) in [6.45, 7) is 12.8. The van der Waals surface area contributed by atoms with E-state index in [1.54, 1.807) is 0 Å². The molecule has 5 nitrogen and oxygen atoms in total. The van der Waals surface area contributed by atoms with Crippen molar-refractivity contribution in [2.45, 2.75) is 65.8 Å². The standard InChI is InChI=1S/C21H41N5/c1-6-9-11-19(7-2)24-21-18(4)13-14-20(12-10-15-23-25-21)22-16-17-26(5)8-3/h10,12,14,19,22-25H,6-9,11,13,15-17H2,1-5H3/b12-10-,20-14+,21-18-. The van der Waals surface area contributed by atoms with Crippen molar-refractivity contribution in [2.75, 3.05) is 33.2 Å². The van der Waals surface area contributed by atoms with Gasteiger partial charge in [0.15, 0.2) is 0 Å². The lowest BCUT2D eigenvalue weighted by Gasteiger charge is -2.24. The van der Waals surface area contributed by atoms with Crippen LogP contribution in [0, 0.1) is 0 Å². The Hall–Kier alpha value is -1.46. The summed E-state index contributed by atoms with van der Waals surface area (Å²) in [4.78, 5) is 2.32. The number of nitrogens with zero attached hydrogens (tertiary/aromatic N) is 1. The number of hydrogen-bond acceptors (Lipinski definition) is 5. The molecule has 150 valence electrons. The Kier molecular flexibility index (Phi) is 11.9. The first-order valence-electron chi connectivity index (χ1n) is 10.3. The Morgan fingerprint density at radius 1 is 1.27 bits per heavy atom. The van der Waals surface area contributed by atoms with E-state index in [-0.39, 0.29) is 0 Å². The van der Waals surface area contributed by atoms with Crippen LogP contribution >= 0.6 is 0 Å². The third-order valence-electron chi connectivity index (χ3n) is 4.90. The van der Waals surface area contributed by atoms with E-state index in [1.165, 1.54) is 30.5 Å². The van der Waals surface area contributed by atoms with Gasteiger partial charge in [0.05, 0.1) is 0 Å². The number of hydrazine groups is 1. The number of nitrogens with one attached hydrogen (secondary N) is 4. The predicted molar refractivity (Wildman–Crippen MR) is 114 cm³/mol. The van der Waals surface area contributed by atoms with Gasteiger partial charge in [-0.15, -0.1) is 0 Å². The molecule has 1 aliphatic heterocycles. The first kappa shape index (κ1) is 22.6. The van der Waals surface area contributed by atoms with Crippen LogP contribution < -0.4 is 21.5 Å². The molecule has 0 bridgehead atoms. The minimum absolute atomic E-state index is 0.527. The van der Waals surface area contributed by atoms with Gasteiger partial charge in [-0.25, -0.2) is 5.43 Å². The van der Waals surface area contributed by atoms with Gasteiger partial charge < -0.3 is 21.0 Å². The maximum absolute atomic E-state index is 3.71. The zero-order chi connectivity index (χ0) is 19.2. The SMILES string of the molecule is CCCCC(CC)N/C1=C(\C)C/C=C(NCCN(C)CC)\C=C/CNN1. The van der Waals surface area contributed by atoms with Gasteiger partial charge in [-0.3, -0.25) is 0 Å². The van der Waals surface area contributed by atoms with Gasteiger partial charge in [-0.1, -0.05) is 45.8 Å². The summed E-state index contributed by atoms with van der Waals surface area (Å²) in [6.07, 6.45) is 12.4. The molecule has 0 amide bonds. The van der Waals surface area contributed by atoms with Crippen molar-refractivity contribution >= 4 is 0 Å². The minimum atomic E-state index is 0.527. The van der Waals surface area contributed by atoms with Gasteiger partial charge >= 0.3 is 0 Å². The Morgan fingerprint density at radius 3 is 2.77 bits per heavy atom. The van der Waals surface area contributed by atoms with Crippen LogP contribution in [0.5, 0.6) is 0 Å². The van der Waals surface area contributed by atoms with Crippen LogP contribution in [-0.4, -0.2) is 44.2 Å². The van der Waals surface area contributed by atoms with Crippen molar-refractivity contribution in [3.05, 3.63) is 35.3 Å². The van der Waals surface area contributed by atoms with Gasteiger partial charge in [-0.05, 0) is 51.4 Å². The summed E-state index contributed by atoms with van der Waals surface area (Å²) in [5.74, 6) is 1.13. The van der Waals surface area contributed by atoms with Crippen molar-refractivity contribution in [3.8, 4) is 0 Å². The molecular formula is C21H41N5. The molecule has 1 atom stereocenters. The Balaban J connectivity index is 2.71. The first-order valence-corrected chi connectivity index (χ1v) is 10.3. The third kappa shape index (κ3) is 9.30. The van der Waals surface area contributed by atoms with Crippen LogP contribution in [0.25, 0.3) is 0 Å². The lowest BCUT2D eigenvalue weighted by atomic mass is 10.1. The highest BCUT2D eigenvalue weighted by molar-refractivity contribution is 5.22. The molecule has 0 radical (unpaired) electrons. The van der Waals surface area contributed by atoms with Crippen LogP contribution in [-0.2, 0) is 0 Å². The molecule has 1 rings (SSSR count). The molecule has 0 aromatic heterocycles. The number of hydrogen-bond donors (Lipinski definition) is 4. The minimum Gasteiger partial charge on any atom is -0.384 e. The second-order valence-electron chi connectivity index (χ2n) is 7.14. The van der Waals surface area contributed by atoms with Crippen LogP contribution in [0.3, 0.4) is 0 Å². The average Bonchev–Trinajstić information content (AvgIpc) is 2.66. The molecule has 1 unspecified atom stereocenters. The maximum Gasteiger partial charge on any atom is 0.113 e. The molecule has 1 aliphatic rings. The van der Waals surface area contributed by atoms with Gasteiger partial charge in [0.1, 0.15) is 5.82 Å². The summed E-state index contributed by atoms with van der Waals surface area (Å²) in [5.41, 5.74) is 9.21. The monoisotopic (exact) mass is 363 g/mol. The van der Waals surface area contributed by atoms with E-state index in [9.17, 15) is 0 Å². The van der Waals surface area contributed by atoms with Crippen molar-refractivity contribution in [2.24, 2.45) is 0 Å². The summed E-state index contributed by atoms with van der Waals surface area (Å²) in [6, 6.07) is 0.527. The van der Waals surface area contributed by atoms with E-state index in [0.717, 1.165) is 44.8 Å². The second-order valence-corrected chi connectivity index (χ2v) is 7.14. The molecule has 0 aliphatic carbocycles. The highest BCUT2D eigenvalue weighted by atomic mass is 15.4. The quantitative estimate of drug-likeness (QED) is 0.454. The molecular weight excluding hydrogens is 322 g/mol. The second kappa shape index (κ2) is 13.7. The molecule has 4 N–H and O–H groups in total. The fourth-order valence-electron chi connectivity index (χ4n) is 2.80. The lowest BCUT2D eigenvalue weighted by molar-refractivity contribution is 0.354. The van der Waals surface area contributed by atoms with E-state index in [1.807, 2.05) is 0 Å². The molecule has 0 aromatic carbocycles. The largest absolute Gasteiger partial charge is 0.384 e. The molecule has 0 aromatic rings. The highest BCUT2D eigenvalue weighted by Gasteiger charge is 2.10. The van der Waals surface area contributed by atoms with E-state index >= 15 is 0 Å². The van der Waals surface area contributed by atoms with E-state index < -0.39 is 0 Å². The highest BCUT2D eigenvalue weighted by Crippen LogP contribution is 2.11. The van der Waals surface area contributed by atoms with Crippen LogP contribution in [0.4, 0.5) is 0 Å². The first-order chi connectivity index (χ1) is 12.6. The lowest BCUT2D eigenvalue weighted by Crippen LogP contribution is -2.42. The molecule has 26 heavy (non-hydrogen) atoms. The van der Waals surface area contributed by atoms with E-state index in [4.69, 9.17) is 0 Å². The summed E-state index contributed by atoms with van der Waals surface area (Å²) in [7, 11) is 2.16. The maximum atomic E-state index is 3.71. The predicted octanol–water partition coefficient (Wildman–Crippen LogP) is 3.26. The van der Waals surface area contributed by atoms with Crippen LogP contribution in [0.1, 0.15) is 59.8 Å². The molecule has 0 fully saturated rings. The normalized spacial score (nSPS) is 22.9. The molecule has 5 heteroatoms. The van der Waals surface area contributed by atoms with E-state index in [0.29, 0.717) is 6.04 Å². The Morgan fingerprint density at radius 2 is 2.08 bits per heavy atom. The van der Waals surface area contributed by atoms with Crippen molar-refractivity contribution in [3.63, 3.8) is 0 Å². The third-order valence-corrected chi connectivity index (χ3v) is 4.90. The molecule has 0 spiro atoms. The molecule has 0 saturated heterocycles. The Labute approximate surface area is 161 Å². The topological polar surface area (TPSA) is 51.4 Å². The van der Waals surface area contributed by atoms with Gasteiger partial charge in [0.25, 0.3) is 0 Å². The fraction of sp³-hybridized carbons (Fsp3) is 0.714. The Bertz CT molecular complexity index is 467. The number of unbranched alkanes of at least 4 members (excludes halogenated alkanes) is 1. The zero-order valence-electron chi connectivity index (χ0n) is 17.6. The summed E-state index contributed by atoms with van der Waals surface area (Å²) in [5, 5.41) is 7.27. The molecule has 0 saturated carbocycles. The smallest absolute Gasteiger partial charge is 0.113 e. The summed E-state index contributed by atoms with van der Waals surface area (Å²) >= 11 is 0. The number of allylic oxidation sites excluding steroid dienone is 3. The van der Waals surface area contributed by atoms with Crippen LogP contribution in [0.2, 0.25) is 0 Å². The van der Waals surface area contributed by atoms with Gasteiger partial charge in [0.2, 0.25) is 0 Å².